The molecule has 0 aromatic rings. The quantitative estimate of drug-likeness (QED) is 0.614. The Kier molecular flexibility index (Phi) is 6.24. The van der Waals surface area contributed by atoms with Crippen molar-refractivity contribution in [1.82, 2.24) is 0 Å². The topological polar surface area (TPSA) is 47.9 Å². The number of methoxy groups -OCH3 is 1. The smallest absolute Gasteiger partial charge is 0.159 e. The molecule has 0 aromatic heterocycles. The van der Waals surface area contributed by atoms with Gasteiger partial charge in [0, 0.05) is 20.1 Å². The molecule has 0 saturated carbocycles. The summed E-state index contributed by atoms with van der Waals surface area (Å²) in [5.41, 5.74) is 0. The average Bonchev–Trinajstić information content (AvgIpc) is 2.01. The Hall–Kier alpha value is -0.160. The van der Waals surface area contributed by atoms with E-state index in [1.54, 1.807) is 21.0 Å². The van der Waals surface area contributed by atoms with Crippen LogP contribution in [0.1, 0.15) is 27.2 Å². The van der Waals surface area contributed by atoms with E-state index in [4.69, 9.17) is 14.2 Å². The summed E-state index contributed by atoms with van der Waals surface area (Å²) in [5.74, 6) is -1.08. The van der Waals surface area contributed by atoms with Crippen molar-refractivity contribution in [2.45, 2.75) is 39.3 Å². The lowest BCUT2D eigenvalue weighted by Crippen LogP contribution is -2.26. The first-order valence-corrected chi connectivity index (χ1v) is 4.50. The van der Waals surface area contributed by atoms with Crippen LogP contribution in [-0.4, -0.2) is 37.5 Å². The molecule has 0 aromatic carbocycles. The first-order valence-electron chi connectivity index (χ1n) is 4.50. The van der Waals surface area contributed by atoms with Crippen LogP contribution in [0.3, 0.4) is 0 Å². The fraction of sp³-hybridized carbons (Fsp3) is 1.00. The summed E-state index contributed by atoms with van der Waals surface area (Å²) in [6.07, 6.45) is 0.376. The minimum Gasteiger partial charge on any atom is -0.366 e. The summed E-state index contributed by atoms with van der Waals surface area (Å²) in [4.78, 5) is 0. The van der Waals surface area contributed by atoms with Crippen LogP contribution >= 0.6 is 0 Å². The molecule has 0 fully saturated rings. The first kappa shape index (κ1) is 12.8. The Morgan fingerprint density at radius 3 is 2.38 bits per heavy atom. The lowest BCUT2D eigenvalue weighted by Gasteiger charge is -2.20. The van der Waals surface area contributed by atoms with Gasteiger partial charge in [-0.3, -0.25) is 0 Å². The van der Waals surface area contributed by atoms with Gasteiger partial charge in [-0.25, -0.2) is 0 Å². The van der Waals surface area contributed by atoms with Crippen molar-refractivity contribution in [2.75, 3.05) is 20.3 Å². The highest BCUT2D eigenvalue weighted by molar-refractivity contribution is 4.50. The molecule has 0 bridgehead atoms. The van der Waals surface area contributed by atoms with Gasteiger partial charge in [-0.15, -0.1) is 0 Å². The van der Waals surface area contributed by atoms with E-state index in [9.17, 15) is 5.11 Å². The van der Waals surface area contributed by atoms with Crippen LogP contribution in [0.4, 0.5) is 0 Å². The van der Waals surface area contributed by atoms with Crippen molar-refractivity contribution in [3.8, 4) is 0 Å². The highest BCUT2D eigenvalue weighted by Gasteiger charge is 2.14. The first-order chi connectivity index (χ1) is 5.99. The summed E-state index contributed by atoms with van der Waals surface area (Å²) in [5, 5.41) is 9.23. The number of hydrogen-bond acceptors (Lipinski definition) is 4. The second kappa shape index (κ2) is 6.32. The van der Waals surface area contributed by atoms with Crippen LogP contribution < -0.4 is 0 Å². The van der Waals surface area contributed by atoms with Crippen LogP contribution in [0.25, 0.3) is 0 Å². The summed E-state index contributed by atoms with van der Waals surface area (Å²) in [7, 11) is 1.59. The maximum absolute atomic E-state index is 9.23. The molecule has 4 nitrogen and oxygen atoms in total. The SMILES string of the molecule is CCOC(CCOC(C)(C)O)OC. The lowest BCUT2D eigenvalue weighted by molar-refractivity contribution is -0.194. The predicted molar refractivity (Wildman–Crippen MR) is 49.3 cm³/mol. The molecular formula is C9H20O4. The molecule has 1 N–H and O–H groups in total. The monoisotopic (exact) mass is 192 g/mol. The van der Waals surface area contributed by atoms with Gasteiger partial charge in [0.25, 0.3) is 0 Å². The van der Waals surface area contributed by atoms with Gasteiger partial charge in [-0.2, -0.15) is 0 Å². The standard InChI is InChI=1S/C9H20O4/c1-5-12-8(11-4)6-7-13-9(2,3)10/h8,10H,5-7H2,1-4H3. The molecule has 0 radical (unpaired) electrons. The van der Waals surface area contributed by atoms with Gasteiger partial charge in [-0.05, 0) is 20.8 Å². The van der Waals surface area contributed by atoms with Gasteiger partial charge in [0.1, 0.15) is 0 Å². The van der Waals surface area contributed by atoms with Crippen LogP contribution in [0.15, 0.2) is 0 Å². The molecule has 13 heavy (non-hydrogen) atoms. The molecule has 0 saturated heterocycles. The van der Waals surface area contributed by atoms with Crippen molar-refractivity contribution in [2.24, 2.45) is 0 Å². The second-order valence-corrected chi connectivity index (χ2v) is 3.20. The van der Waals surface area contributed by atoms with Gasteiger partial charge < -0.3 is 19.3 Å². The zero-order chi connectivity index (χ0) is 10.3. The molecular weight excluding hydrogens is 172 g/mol. The molecule has 4 heteroatoms. The third kappa shape index (κ3) is 8.18. The van der Waals surface area contributed by atoms with Crippen LogP contribution in [0.2, 0.25) is 0 Å². The van der Waals surface area contributed by atoms with Crippen molar-refractivity contribution >= 4 is 0 Å². The van der Waals surface area contributed by atoms with Crippen molar-refractivity contribution in [3.05, 3.63) is 0 Å². The summed E-state index contributed by atoms with van der Waals surface area (Å²) in [6.45, 7) is 6.12. The Bertz CT molecular complexity index is 119. The molecule has 0 rings (SSSR count). The molecule has 0 aliphatic heterocycles. The highest BCUT2D eigenvalue weighted by Crippen LogP contribution is 2.06. The minimum atomic E-state index is -1.08. The summed E-state index contributed by atoms with van der Waals surface area (Å²) in [6, 6.07) is 0. The number of rotatable bonds is 7. The van der Waals surface area contributed by atoms with E-state index in [-0.39, 0.29) is 6.29 Å². The molecule has 0 spiro atoms. The maximum atomic E-state index is 9.23. The van der Waals surface area contributed by atoms with E-state index in [2.05, 4.69) is 0 Å². The molecule has 80 valence electrons. The zero-order valence-electron chi connectivity index (χ0n) is 8.87. The Balaban J connectivity index is 3.49. The average molecular weight is 192 g/mol. The Labute approximate surface area is 79.8 Å². The largest absolute Gasteiger partial charge is 0.366 e. The number of hydrogen-bond donors (Lipinski definition) is 1. The van der Waals surface area contributed by atoms with Crippen LogP contribution in [-0.2, 0) is 14.2 Å². The normalized spacial score (nSPS) is 14.5. The van der Waals surface area contributed by atoms with Crippen molar-refractivity contribution < 1.29 is 19.3 Å². The van der Waals surface area contributed by atoms with Gasteiger partial charge in [-0.1, -0.05) is 0 Å². The fourth-order valence-corrected chi connectivity index (χ4v) is 0.860. The summed E-state index contributed by atoms with van der Waals surface area (Å²) >= 11 is 0. The molecule has 1 atom stereocenters. The van der Waals surface area contributed by atoms with Crippen molar-refractivity contribution in [3.63, 3.8) is 0 Å². The molecule has 1 unspecified atom stereocenters. The fourth-order valence-electron chi connectivity index (χ4n) is 0.860. The Morgan fingerprint density at radius 1 is 1.38 bits per heavy atom. The molecule has 0 aliphatic rings. The molecule has 0 aliphatic carbocycles. The molecule has 0 amide bonds. The van der Waals surface area contributed by atoms with Crippen LogP contribution in [0, 0.1) is 0 Å². The van der Waals surface area contributed by atoms with E-state index in [0.29, 0.717) is 19.6 Å². The summed E-state index contributed by atoms with van der Waals surface area (Å²) < 4.78 is 15.3. The van der Waals surface area contributed by atoms with Crippen molar-refractivity contribution in [1.29, 1.82) is 0 Å². The van der Waals surface area contributed by atoms with Crippen LogP contribution in [0.5, 0.6) is 0 Å². The van der Waals surface area contributed by atoms with Gasteiger partial charge in [0.2, 0.25) is 0 Å². The lowest BCUT2D eigenvalue weighted by atomic mass is 10.4. The highest BCUT2D eigenvalue weighted by atomic mass is 16.7. The predicted octanol–water partition coefficient (Wildman–Crippen LogP) is 1.13. The van der Waals surface area contributed by atoms with Gasteiger partial charge in [0.15, 0.2) is 12.1 Å². The van der Waals surface area contributed by atoms with Gasteiger partial charge >= 0.3 is 0 Å². The van der Waals surface area contributed by atoms with E-state index in [0.717, 1.165) is 0 Å². The van der Waals surface area contributed by atoms with E-state index in [1.165, 1.54) is 0 Å². The number of aliphatic hydroxyl groups is 1. The van der Waals surface area contributed by atoms with Gasteiger partial charge in [0.05, 0.1) is 6.61 Å². The van der Waals surface area contributed by atoms with E-state index < -0.39 is 5.79 Å². The zero-order valence-corrected chi connectivity index (χ0v) is 8.87. The Morgan fingerprint density at radius 2 is 2.00 bits per heavy atom. The maximum Gasteiger partial charge on any atom is 0.159 e. The van der Waals surface area contributed by atoms with E-state index in [1.807, 2.05) is 6.92 Å². The third-order valence-corrected chi connectivity index (χ3v) is 1.42. The third-order valence-electron chi connectivity index (χ3n) is 1.42. The molecule has 0 heterocycles. The minimum absolute atomic E-state index is 0.243. The second-order valence-electron chi connectivity index (χ2n) is 3.20. The number of ether oxygens (including phenoxy) is 3. The van der Waals surface area contributed by atoms with E-state index >= 15 is 0 Å².